The van der Waals surface area contributed by atoms with E-state index < -0.39 is 6.09 Å². The summed E-state index contributed by atoms with van der Waals surface area (Å²) in [7, 11) is 1.63. The van der Waals surface area contributed by atoms with E-state index in [2.05, 4.69) is 14.9 Å². The number of anilines is 1. The van der Waals surface area contributed by atoms with Gasteiger partial charge in [-0.3, -0.25) is 0 Å². The van der Waals surface area contributed by atoms with Crippen LogP contribution in [-0.4, -0.2) is 58.5 Å². The molecular formula is C12H18N4O2S. The summed E-state index contributed by atoms with van der Waals surface area (Å²) in [4.78, 5) is 23.2. The largest absolute Gasteiger partial charge is 0.465 e. The first-order valence-corrected chi connectivity index (χ1v) is 7.42. The summed E-state index contributed by atoms with van der Waals surface area (Å²) in [5.74, 6) is 0.739. The van der Waals surface area contributed by atoms with Crippen molar-refractivity contribution >= 4 is 23.8 Å². The van der Waals surface area contributed by atoms with Crippen LogP contribution in [-0.2, 0) is 0 Å². The van der Waals surface area contributed by atoms with Crippen LogP contribution in [0.4, 0.5) is 10.7 Å². The number of hydrogen-bond donors (Lipinski definition) is 1. The molecule has 2 rings (SSSR count). The second-order valence-corrected chi connectivity index (χ2v) is 5.34. The molecule has 0 spiro atoms. The van der Waals surface area contributed by atoms with Crippen LogP contribution in [0.5, 0.6) is 0 Å². The van der Waals surface area contributed by atoms with E-state index in [9.17, 15) is 4.79 Å². The van der Waals surface area contributed by atoms with Crippen LogP contribution in [0.2, 0.25) is 0 Å². The lowest BCUT2D eigenvalue weighted by Crippen LogP contribution is -2.45. The number of piperidine rings is 1. The van der Waals surface area contributed by atoms with Gasteiger partial charge in [-0.05, 0) is 25.2 Å². The maximum atomic E-state index is 10.9. The molecule has 104 valence electrons. The molecule has 1 aliphatic rings. The molecular weight excluding hydrogens is 264 g/mol. The number of hydrogen-bond acceptors (Lipinski definition) is 5. The molecule has 19 heavy (non-hydrogen) atoms. The summed E-state index contributed by atoms with van der Waals surface area (Å²) in [5.41, 5.74) is 0. The second kappa shape index (κ2) is 6.10. The lowest BCUT2D eigenvalue weighted by Gasteiger charge is -2.35. The fourth-order valence-electron chi connectivity index (χ4n) is 2.21. The molecule has 6 nitrogen and oxygen atoms in total. The van der Waals surface area contributed by atoms with E-state index in [0.29, 0.717) is 0 Å². The Balaban J connectivity index is 1.97. The van der Waals surface area contributed by atoms with Crippen molar-refractivity contribution in [3.63, 3.8) is 0 Å². The van der Waals surface area contributed by atoms with Gasteiger partial charge < -0.3 is 14.9 Å². The highest BCUT2D eigenvalue weighted by Gasteiger charge is 2.26. The third-order valence-electron chi connectivity index (χ3n) is 3.42. The molecule has 7 heteroatoms. The minimum Gasteiger partial charge on any atom is -0.465 e. The van der Waals surface area contributed by atoms with Gasteiger partial charge in [-0.25, -0.2) is 14.8 Å². The Morgan fingerprint density at radius 3 is 2.79 bits per heavy atom. The van der Waals surface area contributed by atoms with Crippen molar-refractivity contribution in [2.45, 2.75) is 23.9 Å². The van der Waals surface area contributed by atoms with E-state index >= 15 is 0 Å². The molecule has 2 heterocycles. The van der Waals surface area contributed by atoms with Crippen LogP contribution < -0.4 is 4.90 Å². The van der Waals surface area contributed by atoms with E-state index in [1.807, 2.05) is 12.3 Å². The molecule has 0 aromatic carbocycles. The number of rotatable bonds is 3. The van der Waals surface area contributed by atoms with Gasteiger partial charge in [-0.15, -0.1) is 11.8 Å². The highest BCUT2D eigenvalue weighted by atomic mass is 32.2. The molecule has 0 saturated carbocycles. The summed E-state index contributed by atoms with van der Waals surface area (Å²) in [5, 5.41) is 9.92. The maximum Gasteiger partial charge on any atom is 0.407 e. The van der Waals surface area contributed by atoms with E-state index in [-0.39, 0.29) is 6.04 Å². The fraction of sp³-hybridized carbons (Fsp3) is 0.583. The number of carboxylic acid groups (broad SMARTS) is 1. The topological polar surface area (TPSA) is 69.6 Å². The third kappa shape index (κ3) is 3.28. The van der Waals surface area contributed by atoms with E-state index in [1.54, 1.807) is 25.0 Å². The lowest BCUT2D eigenvalue weighted by atomic mass is 10.0. The van der Waals surface area contributed by atoms with Crippen molar-refractivity contribution in [2.75, 3.05) is 31.3 Å². The molecule has 0 unspecified atom stereocenters. The van der Waals surface area contributed by atoms with Crippen LogP contribution in [0.3, 0.4) is 0 Å². The van der Waals surface area contributed by atoms with Gasteiger partial charge >= 0.3 is 6.09 Å². The second-order valence-electron chi connectivity index (χ2n) is 4.51. The Morgan fingerprint density at radius 2 is 2.21 bits per heavy atom. The van der Waals surface area contributed by atoms with Crippen LogP contribution in [0.1, 0.15) is 12.8 Å². The zero-order valence-corrected chi connectivity index (χ0v) is 11.9. The highest BCUT2D eigenvalue weighted by molar-refractivity contribution is 7.98. The molecule has 1 aromatic heterocycles. The first kappa shape index (κ1) is 13.9. The van der Waals surface area contributed by atoms with Crippen LogP contribution in [0.25, 0.3) is 0 Å². The molecule has 1 N–H and O–H groups in total. The van der Waals surface area contributed by atoms with Gasteiger partial charge in [0.1, 0.15) is 5.03 Å². The van der Waals surface area contributed by atoms with E-state index in [0.717, 1.165) is 36.9 Å². The number of carbonyl (C=O) groups is 1. The van der Waals surface area contributed by atoms with Gasteiger partial charge in [-0.1, -0.05) is 0 Å². The molecule has 1 amide bonds. The zero-order chi connectivity index (χ0) is 13.8. The first-order chi connectivity index (χ1) is 9.11. The standard InChI is InChI=1S/C12H18N4O2S/c1-15(12(17)18)9-4-7-16(8-5-9)11-13-6-3-10(14-11)19-2/h3,6,9H,4-5,7-8H2,1-2H3,(H,17,18). The predicted octanol–water partition coefficient (Wildman–Crippen LogP) is 1.78. The van der Waals surface area contributed by atoms with Gasteiger partial charge in [0.2, 0.25) is 5.95 Å². The summed E-state index contributed by atoms with van der Waals surface area (Å²) in [6.45, 7) is 1.58. The first-order valence-electron chi connectivity index (χ1n) is 6.19. The number of nitrogens with zero attached hydrogens (tertiary/aromatic N) is 4. The summed E-state index contributed by atoms with van der Waals surface area (Å²) in [6.07, 6.45) is 4.52. The quantitative estimate of drug-likeness (QED) is 0.673. The lowest BCUT2D eigenvalue weighted by molar-refractivity contribution is 0.131. The molecule has 1 aliphatic heterocycles. The Bertz CT molecular complexity index is 449. The highest BCUT2D eigenvalue weighted by Crippen LogP contribution is 2.21. The van der Waals surface area contributed by atoms with E-state index in [1.165, 1.54) is 4.90 Å². The van der Waals surface area contributed by atoms with Gasteiger partial charge in [-0.2, -0.15) is 0 Å². The van der Waals surface area contributed by atoms with Crippen molar-refractivity contribution in [2.24, 2.45) is 0 Å². The predicted molar refractivity (Wildman–Crippen MR) is 74.8 cm³/mol. The summed E-state index contributed by atoms with van der Waals surface area (Å²) < 4.78 is 0. The van der Waals surface area contributed by atoms with Crippen molar-refractivity contribution in [1.29, 1.82) is 0 Å². The van der Waals surface area contributed by atoms with Crippen LogP contribution in [0.15, 0.2) is 17.3 Å². The average Bonchev–Trinajstić information content (AvgIpc) is 2.46. The van der Waals surface area contributed by atoms with Crippen molar-refractivity contribution in [3.8, 4) is 0 Å². The minimum atomic E-state index is -0.862. The fourth-order valence-corrected chi connectivity index (χ4v) is 2.58. The summed E-state index contributed by atoms with van der Waals surface area (Å²) >= 11 is 1.59. The number of amides is 1. The molecule has 1 saturated heterocycles. The van der Waals surface area contributed by atoms with Gasteiger partial charge in [0.05, 0.1) is 0 Å². The normalized spacial score (nSPS) is 16.4. The molecule has 0 atom stereocenters. The van der Waals surface area contributed by atoms with Gasteiger partial charge in [0.25, 0.3) is 0 Å². The minimum absolute atomic E-state index is 0.0949. The molecule has 0 bridgehead atoms. The number of aromatic nitrogens is 2. The monoisotopic (exact) mass is 282 g/mol. The Kier molecular flexibility index (Phi) is 4.47. The third-order valence-corrected chi connectivity index (χ3v) is 4.07. The Labute approximate surface area is 116 Å². The van der Waals surface area contributed by atoms with Crippen molar-refractivity contribution < 1.29 is 9.90 Å². The maximum absolute atomic E-state index is 10.9. The smallest absolute Gasteiger partial charge is 0.407 e. The summed E-state index contributed by atoms with van der Waals surface area (Å²) in [6, 6.07) is 1.98. The molecule has 0 aliphatic carbocycles. The molecule has 0 radical (unpaired) electrons. The molecule has 1 fully saturated rings. The van der Waals surface area contributed by atoms with Crippen molar-refractivity contribution in [3.05, 3.63) is 12.3 Å². The van der Waals surface area contributed by atoms with Crippen LogP contribution >= 0.6 is 11.8 Å². The Hall–Kier alpha value is -1.50. The molecule has 1 aromatic rings. The Morgan fingerprint density at radius 1 is 1.53 bits per heavy atom. The van der Waals surface area contributed by atoms with Gasteiger partial charge in [0, 0.05) is 32.4 Å². The number of thioether (sulfide) groups is 1. The van der Waals surface area contributed by atoms with Crippen LogP contribution in [0, 0.1) is 0 Å². The zero-order valence-electron chi connectivity index (χ0n) is 11.1. The van der Waals surface area contributed by atoms with E-state index in [4.69, 9.17) is 5.11 Å². The van der Waals surface area contributed by atoms with Gasteiger partial charge in [0.15, 0.2) is 0 Å². The SMILES string of the molecule is CSc1ccnc(N2CCC(N(C)C(=O)O)CC2)n1. The average molecular weight is 282 g/mol. The van der Waals surface area contributed by atoms with Crippen molar-refractivity contribution in [1.82, 2.24) is 14.9 Å².